The second-order valence-electron chi connectivity index (χ2n) is 7.01. The molecule has 0 aromatic carbocycles. The molecule has 2 aliphatic rings. The summed E-state index contributed by atoms with van der Waals surface area (Å²) in [6.45, 7) is 10.8. The van der Waals surface area contributed by atoms with Gasteiger partial charge in [0.2, 0.25) is 0 Å². The standard InChI is InChI=1S/C16H29N3O2.HI/c1-16(2,3)21-15(20)13-5-10-19(11-6-13)12-7-14-17-8-4-9-18-14;/h13H,4-12H2,1-3H3,(H,17,18);1H. The molecule has 2 aliphatic heterocycles. The van der Waals surface area contributed by atoms with Crippen LogP contribution in [0.3, 0.4) is 0 Å². The lowest BCUT2D eigenvalue weighted by molar-refractivity contribution is -0.161. The molecule has 22 heavy (non-hydrogen) atoms. The van der Waals surface area contributed by atoms with Gasteiger partial charge in [-0.3, -0.25) is 9.79 Å². The van der Waals surface area contributed by atoms with E-state index in [9.17, 15) is 4.79 Å². The molecular formula is C16H30IN3O2. The number of nitrogens with one attached hydrogen (secondary N) is 1. The molecule has 6 heteroatoms. The summed E-state index contributed by atoms with van der Waals surface area (Å²) >= 11 is 0. The molecule has 5 nitrogen and oxygen atoms in total. The van der Waals surface area contributed by atoms with Crippen LogP contribution in [0.5, 0.6) is 0 Å². The number of carbonyl (C=O) groups excluding carboxylic acids is 1. The summed E-state index contributed by atoms with van der Waals surface area (Å²) in [6, 6.07) is 0. The Morgan fingerprint density at radius 1 is 1.36 bits per heavy atom. The van der Waals surface area contributed by atoms with Gasteiger partial charge in [0.15, 0.2) is 0 Å². The zero-order chi connectivity index (χ0) is 15.3. The number of piperidine rings is 1. The van der Waals surface area contributed by atoms with E-state index in [0.717, 1.165) is 64.2 Å². The van der Waals surface area contributed by atoms with Crippen molar-refractivity contribution in [2.75, 3.05) is 32.7 Å². The second kappa shape index (κ2) is 9.05. The molecule has 0 aromatic heterocycles. The Kier molecular flexibility index (Phi) is 8.10. The SMILES string of the molecule is CC(C)(C)OC(=O)C1CCN(CCC2=NCCCN2)CC1.I. The maximum Gasteiger partial charge on any atom is 0.309 e. The monoisotopic (exact) mass is 423 g/mol. The van der Waals surface area contributed by atoms with Crippen molar-refractivity contribution in [3.8, 4) is 0 Å². The summed E-state index contributed by atoms with van der Waals surface area (Å²) in [6.07, 6.45) is 3.96. The number of aliphatic imine (C=N–C) groups is 1. The van der Waals surface area contributed by atoms with Crippen molar-refractivity contribution in [3.63, 3.8) is 0 Å². The quantitative estimate of drug-likeness (QED) is 0.558. The van der Waals surface area contributed by atoms with Gasteiger partial charge in [0.1, 0.15) is 5.60 Å². The van der Waals surface area contributed by atoms with E-state index in [2.05, 4.69) is 15.2 Å². The summed E-state index contributed by atoms with van der Waals surface area (Å²) in [4.78, 5) is 19.0. The Morgan fingerprint density at radius 3 is 2.59 bits per heavy atom. The van der Waals surface area contributed by atoms with E-state index in [1.807, 2.05) is 20.8 Å². The number of rotatable bonds is 4. The molecule has 0 bridgehead atoms. The highest BCUT2D eigenvalue weighted by molar-refractivity contribution is 14.0. The van der Waals surface area contributed by atoms with Crippen molar-refractivity contribution >= 4 is 35.8 Å². The van der Waals surface area contributed by atoms with E-state index in [1.54, 1.807) is 0 Å². The fraction of sp³-hybridized carbons (Fsp3) is 0.875. The molecule has 0 aliphatic carbocycles. The van der Waals surface area contributed by atoms with Gasteiger partial charge in [-0.2, -0.15) is 0 Å². The van der Waals surface area contributed by atoms with Gasteiger partial charge in [-0.15, -0.1) is 24.0 Å². The van der Waals surface area contributed by atoms with Gasteiger partial charge in [-0.1, -0.05) is 0 Å². The first-order chi connectivity index (χ1) is 9.94. The van der Waals surface area contributed by atoms with Crippen molar-refractivity contribution in [3.05, 3.63) is 0 Å². The fourth-order valence-electron chi connectivity index (χ4n) is 2.79. The number of hydrogen-bond donors (Lipinski definition) is 1. The highest BCUT2D eigenvalue weighted by atomic mass is 127. The first kappa shape index (κ1) is 19.7. The van der Waals surface area contributed by atoms with Crippen molar-refractivity contribution in [2.24, 2.45) is 10.9 Å². The maximum atomic E-state index is 12.1. The molecular weight excluding hydrogens is 393 g/mol. The van der Waals surface area contributed by atoms with Crippen LogP contribution in [0.25, 0.3) is 0 Å². The summed E-state index contributed by atoms with van der Waals surface area (Å²) in [5.41, 5.74) is -0.376. The van der Waals surface area contributed by atoms with E-state index in [0.29, 0.717) is 0 Å². The molecule has 0 aromatic rings. The first-order valence-corrected chi connectivity index (χ1v) is 8.16. The minimum atomic E-state index is -0.376. The van der Waals surface area contributed by atoms with E-state index >= 15 is 0 Å². The average Bonchev–Trinajstić information content (AvgIpc) is 2.45. The third-order valence-corrected chi connectivity index (χ3v) is 3.96. The van der Waals surface area contributed by atoms with Crippen LogP contribution in [0.4, 0.5) is 0 Å². The topological polar surface area (TPSA) is 53.9 Å². The Hall–Kier alpha value is -0.370. The van der Waals surface area contributed by atoms with Crippen molar-refractivity contribution in [1.29, 1.82) is 0 Å². The molecule has 0 amide bonds. The fourth-order valence-corrected chi connectivity index (χ4v) is 2.79. The molecule has 0 radical (unpaired) electrons. The number of ether oxygens (including phenoxy) is 1. The Labute approximate surface area is 151 Å². The first-order valence-electron chi connectivity index (χ1n) is 8.16. The second-order valence-corrected chi connectivity index (χ2v) is 7.01. The van der Waals surface area contributed by atoms with Crippen LogP contribution in [0.1, 0.15) is 46.5 Å². The summed E-state index contributed by atoms with van der Waals surface area (Å²) in [5.74, 6) is 1.20. The average molecular weight is 423 g/mol. The van der Waals surface area contributed by atoms with Crippen LogP contribution in [-0.2, 0) is 9.53 Å². The zero-order valence-electron chi connectivity index (χ0n) is 14.1. The van der Waals surface area contributed by atoms with E-state index in [4.69, 9.17) is 4.74 Å². The molecule has 0 unspecified atom stereocenters. The predicted molar refractivity (Wildman–Crippen MR) is 100.0 cm³/mol. The minimum Gasteiger partial charge on any atom is -0.460 e. The smallest absolute Gasteiger partial charge is 0.309 e. The molecule has 2 rings (SSSR count). The molecule has 0 saturated carbocycles. The van der Waals surface area contributed by atoms with Gasteiger partial charge >= 0.3 is 5.97 Å². The third-order valence-electron chi connectivity index (χ3n) is 3.96. The van der Waals surface area contributed by atoms with Gasteiger partial charge in [0, 0.05) is 26.1 Å². The summed E-state index contributed by atoms with van der Waals surface area (Å²) in [7, 11) is 0. The van der Waals surface area contributed by atoms with Crippen molar-refractivity contribution in [2.45, 2.75) is 52.1 Å². The lowest BCUT2D eigenvalue weighted by Crippen LogP contribution is -2.40. The summed E-state index contributed by atoms with van der Waals surface area (Å²) < 4.78 is 5.48. The van der Waals surface area contributed by atoms with Gasteiger partial charge < -0.3 is 15.0 Å². The molecule has 1 fully saturated rings. The highest BCUT2D eigenvalue weighted by Gasteiger charge is 2.28. The van der Waals surface area contributed by atoms with Gasteiger partial charge in [0.25, 0.3) is 0 Å². The van der Waals surface area contributed by atoms with E-state index in [1.165, 1.54) is 0 Å². The molecule has 2 heterocycles. The van der Waals surface area contributed by atoms with Crippen molar-refractivity contribution in [1.82, 2.24) is 10.2 Å². The predicted octanol–water partition coefficient (Wildman–Crippen LogP) is 2.44. The Bertz CT molecular complexity index is 385. The maximum absolute atomic E-state index is 12.1. The highest BCUT2D eigenvalue weighted by Crippen LogP contribution is 2.21. The number of hydrogen-bond acceptors (Lipinski definition) is 5. The summed E-state index contributed by atoms with van der Waals surface area (Å²) in [5, 5.41) is 3.36. The van der Waals surface area contributed by atoms with Gasteiger partial charge in [0.05, 0.1) is 11.8 Å². The Morgan fingerprint density at radius 2 is 2.05 bits per heavy atom. The minimum absolute atomic E-state index is 0. The number of likely N-dealkylation sites (tertiary alicyclic amines) is 1. The third kappa shape index (κ3) is 6.81. The van der Waals surface area contributed by atoms with Crippen molar-refractivity contribution < 1.29 is 9.53 Å². The Balaban J connectivity index is 0.00000242. The van der Waals surface area contributed by atoms with Crippen LogP contribution in [0.2, 0.25) is 0 Å². The molecule has 1 saturated heterocycles. The number of carbonyl (C=O) groups is 1. The lowest BCUT2D eigenvalue weighted by Gasteiger charge is -2.32. The lowest BCUT2D eigenvalue weighted by atomic mass is 9.96. The normalized spacial score (nSPS) is 20.6. The largest absolute Gasteiger partial charge is 0.460 e. The van der Waals surface area contributed by atoms with Gasteiger partial charge in [-0.25, -0.2) is 0 Å². The van der Waals surface area contributed by atoms with Crippen LogP contribution in [0.15, 0.2) is 4.99 Å². The zero-order valence-corrected chi connectivity index (χ0v) is 16.4. The molecule has 0 spiro atoms. The molecule has 128 valence electrons. The van der Waals surface area contributed by atoms with Crippen LogP contribution in [-0.4, -0.2) is 55.0 Å². The molecule has 1 N–H and O–H groups in total. The van der Waals surface area contributed by atoms with Crippen LogP contribution >= 0.6 is 24.0 Å². The number of esters is 1. The van der Waals surface area contributed by atoms with Gasteiger partial charge in [-0.05, 0) is 53.1 Å². The number of amidine groups is 1. The number of nitrogens with zero attached hydrogens (tertiary/aromatic N) is 2. The van der Waals surface area contributed by atoms with Crippen LogP contribution < -0.4 is 5.32 Å². The van der Waals surface area contributed by atoms with Crippen LogP contribution in [0, 0.1) is 5.92 Å². The van der Waals surface area contributed by atoms with E-state index < -0.39 is 0 Å². The number of halogens is 1. The van der Waals surface area contributed by atoms with E-state index in [-0.39, 0.29) is 41.5 Å². The molecule has 0 atom stereocenters.